The van der Waals surface area contributed by atoms with E-state index in [0.717, 1.165) is 30.5 Å². The van der Waals surface area contributed by atoms with Crippen molar-refractivity contribution in [3.05, 3.63) is 17.0 Å². The maximum atomic E-state index is 5.60. The molecule has 0 aliphatic carbocycles. The second-order valence-corrected chi connectivity index (χ2v) is 3.72. The number of nitrogens with zero attached hydrogens (tertiary/aromatic N) is 2. The third-order valence-electron chi connectivity index (χ3n) is 2.34. The zero-order chi connectivity index (χ0) is 11.3. The van der Waals surface area contributed by atoms with Crippen LogP contribution in [-0.2, 0) is 19.9 Å². The Morgan fingerprint density at radius 3 is 2.60 bits per heavy atom. The topological polar surface area (TPSA) is 17.8 Å². The number of rotatable bonds is 3. The van der Waals surface area contributed by atoms with E-state index < -0.39 is 0 Å². The van der Waals surface area contributed by atoms with Gasteiger partial charge < -0.3 is 0 Å². The normalized spacial score (nSPS) is 9.87. The molecule has 2 nitrogen and oxygen atoms in total. The molecule has 0 aliphatic heterocycles. The van der Waals surface area contributed by atoms with Crippen molar-refractivity contribution in [1.29, 1.82) is 0 Å². The van der Waals surface area contributed by atoms with Gasteiger partial charge in [0, 0.05) is 19.3 Å². The fourth-order valence-electron chi connectivity index (χ4n) is 1.62. The maximum absolute atomic E-state index is 5.60. The third kappa shape index (κ3) is 2.76. The van der Waals surface area contributed by atoms with Crippen molar-refractivity contribution in [3.8, 4) is 11.8 Å². The summed E-state index contributed by atoms with van der Waals surface area (Å²) in [5.74, 6) is 6.86. The second kappa shape index (κ2) is 5.82. The highest BCUT2D eigenvalue weighted by molar-refractivity contribution is 6.18. The molecule has 15 heavy (non-hydrogen) atoms. The van der Waals surface area contributed by atoms with Crippen molar-refractivity contribution in [3.63, 3.8) is 0 Å². The minimum absolute atomic E-state index is 0.593. The number of aromatic nitrogens is 2. The predicted octanol–water partition coefficient (Wildman–Crippen LogP) is 2.53. The van der Waals surface area contributed by atoms with Crippen LogP contribution in [0.1, 0.15) is 37.2 Å². The van der Waals surface area contributed by atoms with Crippen LogP contribution in [0.2, 0.25) is 0 Å². The molecule has 0 aromatic carbocycles. The third-order valence-corrected chi connectivity index (χ3v) is 2.53. The maximum Gasteiger partial charge on any atom is 0.0781 e. The van der Waals surface area contributed by atoms with Gasteiger partial charge in [-0.15, -0.1) is 11.6 Å². The number of hydrogen-bond donors (Lipinski definition) is 0. The Morgan fingerprint density at radius 2 is 2.07 bits per heavy atom. The van der Waals surface area contributed by atoms with E-state index in [1.54, 1.807) is 0 Å². The van der Waals surface area contributed by atoms with Gasteiger partial charge in [-0.25, -0.2) is 0 Å². The Morgan fingerprint density at radius 1 is 1.33 bits per heavy atom. The van der Waals surface area contributed by atoms with Crippen molar-refractivity contribution in [1.82, 2.24) is 9.78 Å². The molecule has 0 radical (unpaired) electrons. The molecule has 0 unspecified atom stereocenters. The van der Waals surface area contributed by atoms with Gasteiger partial charge in [-0.05, 0) is 12.8 Å². The Bertz CT molecular complexity index is 382. The molecule has 0 N–H and O–H groups in total. The van der Waals surface area contributed by atoms with Gasteiger partial charge in [-0.1, -0.05) is 25.7 Å². The first-order chi connectivity index (χ1) is 7.24. The lowest BCUT2D eigenvalue weighted by Crippen LogP contribution is -1.97. The van der Waals surface area contributed by atoms with E-state index in [9.17, 15) is 0 Å². The summed E-state index contributed by atoms with van der Waals surface area (Å²) in [6, 6.07) is 0. The molecule has 0 saturated heterocycles. The molecule has 1 rings (SSSR count). The monoisotopic (exact) mass is 224 g/mol. The first-order valence-corrected chi connectivity index (χ1v) is 5.87. The molecule has 0 atom stereocenters. The molecule has 3 heteroatoms. The van der Waals surface area contributed by atoms with Crippen LogP contribution >= 0.6 is 11.6 Å². The van der Waals surface area contributed by atoms with Crippen LogP contribution in [0.25, 0.3) is 0 Å². The van der Waals surface area contributed by atoms with Crippen molar-refractivity contribution >= 4 is 11.6 Å². The summed E-state index contributed by atoms with van der Waals surface area (Å²) in [6.45, 7) is 4.23. The Balaban J connectivity index is 3.08. The summed E-state index contributed by atoms with van der Waals surface area (Å²) < 4.78 is 1.93. The molecule has 0 fully saturated rings. The number of aryl methyl sites for hydroxylation is 2. The molecule has 82 valence electrons. The van der Waals surface area contributed by atoms with Gasteiger partial charge in [-0.3, -0.25) is 4.68 Å². The zero-order valence-corrected chi connectivity index (χ0v) is 10.4. The molecule has 0 amide bonds. The van der Waals surface area contributed by atoms with Crippen LogP contribution in [0.15, 0.2) is 0 Å². The van der Waals surface area contributed by atoms with E-state index in [-0.39, 0.29) is 0 Å². The largest absolute Gasteiger partial charge is 0.271 e. The standard InChI is InChI=1S/C12H17ClN2/c1-4-11-10(8-6-7-9-13)12(5-2)15(3)14-11/h4-5,7,9H2,1-3H3. The van der Waals surface area contributed by atoms with E-state index in [1.807, 2.05) is 11.7 Å². The summed E-state index contributed by atoms with van der Waals surface area (Å²) >= 11 is 5.60. The highest BCUT2D eigenvalue weighted by Crippen LogP contribution is 2.13. The van der Waals surface area contributed by atoms with Crippen LogP contribution in [0, 0.1) is 11.8 Å². The quantitative estimate of drug-likeness (QED) is 0.570. The lowest BCUT2D eigenvalue weighted by atomic mass is 10.1. The minimum Gasteiger partial charge on any atom is -0.271 e. The highest BCUT2D eigenvalue weighted by Gasteiger charge is 2.10. The van der Waals surface area contributed by atoms with Gasteiger partial charge in [0.2, 0.25) is 0 Å². The van der Waals surface area contributed by atoms with Crippen molar-refractivity contribution < 1.29 is 0 Å². The summed E-state index contributed by atoms with van der Waals surface area (Å²) in [5.41, 5.74) is 3.41. The Hall–Kier alpha value is -0.940. The van der Waals surface area contributed by atoms with E-state index in [4.69, 9.17) is 11.6 Å². The Kier molecular flexibility index (Phi) is 4.71. The molecule has 0 spiro atoms. The van der Waals surface area contributed by atoms with E-state index >= 15 is 0 Å². The summed E-state index contributed by atoms with van der Waals surface area (Å²) in [6.07, 6.45) is 2.63. The number of halogens is 1. The van der Waals surface area contributed by atoms with Gasteiger partial charge in [0.15, 0.2) is 0 Å². The number of alkyl halides is 1. The highest BCUT2D eigenvalue weighted by atomic mass is 35.5. The van der Waals surface area contributed by atoms with E-state index in [1.165, 1.54) is 5.69 Å². The lowest BCUT2D eigenvalue weighted by molar-refractivity contribution is 0.704. The van der Waals surface area contributed by atoms with Crippen LogP contribution in [0.3, 0.4) is 0 Å². The molecular weight excluding hydrogens is 208 g/mol. The zero-order valence-electron chi connectivity index (χ0n) is 9.60. The molecule has 1 heterocycles. The summed E-state index contributed by atoms with van der Waals surface area (Å²) in [4.78, 5) is 0. The van der Waals surface area contributed by atoms with Gasteiger partial charge in [0.1, 0.15) is 0 Å². The fourth-order valence-corrected chi connectivity index (χ4v) is 1.71. The average Bonchev–Trinajstić information content (AvgIpc) is 2.55. The number of hydrogen-bond acceptors (Lipinski definition) is 1. The van der Waals surface area contributed by atoms with Crippen molar-refractivity contribution in [2.45, 2.75) is 33.1 Å². The first kappa shape index (κ1) is 12.1. The molecule has 0 aliphatic rings. The average molecular weight is 225 g/mol. The van der Waals surface area contributed by atoms with Crippen molar-refractivity contribution in [2.24, 2.45) is 7.05 Å². The molecular formula is C12H17ClN2. The van der Waals surface area contributed by atoms with Crippen LogP contribution in [0.5, 0.6) is 0 Å². The van der Waals surface area contributed by atoms with Crippen LogP contribution < -0.4 is 0 Å². The predicted molar refractivity (Wildman–Crippen MR) is 64.2 cm³/mol. The molecule has 1 aromatic heterocycles. The van der Waals surface area contributed by atoms with Crippen molar-refractivity contribution in [2.75, 3.05) is 5.88 Å². The van der Waals surface area contributed by atoms with E-state index in [2.05, 4.69) is 30.8 Å². The fraction of sp³-hybridized carbons (Fsp3) is 0.583. The van der Waals surface area contributed by atoms with E-state index in [0.29, 0.717) is 5.88 Å². The van der Waals surface area contributed by atoms with Crippen LogP contribution in [-0.4, -0.2) is 15.7 Å². The Labute approximate surface area is 96.6 Å². The molecule has 0 saturated carbocycles. The van der Waals surface area contributed by atoms with Gasteiger partial charge in [-0.2, -0.15) is 5.10 Å². The summed E-state index contributed by atoms with van der Waals surface area (Å²) in [5, 5.41) is 4.46. The second-order valence-electron chi connectivity index (χ2n) is 3.34. The van der Waals surface area contributed by atoms with Crippen LogP contribution in [0.4, 0.5) is 0 Å². The smallest absolute Gasteiger partial charge is 0.0781 e. The summed E-state index contributed by atoms with van der Waals surface area (Å²) in [7, 11) is 1.98. The molecule has 0 bridgehead atoms. The van der Waals surface area contributed by atoms with Gasteiger partial charge in [0.05, 0.1) is 17.0 Å². The molecule has 1 aromatic rings. The minimum atomic E-state index is 0.593. The van der Waals surface area contributed by atoms with Gasteiger partial charge >= 0.3 is 0 Å². The lowest BCUT2D eigenvalue weighted by Gasteiger charge is -1.96. The van der Waals surface area contributed by atoms with Gasteiger partial charge in [0.25, 0.3) is 0 Å². The SMILES string of the molecule is CCc1nn(C)c(CC)c1C#CCCCl. The first-order valence-electron chi connectivity index (χ1n) is 5.34.